The molecule has 0 aromatic heterocycles. The number of carbonyl (C=O) groups excluding carboxylic acids is 2. The topological polar surface area (TPSA) is 95.9 Å². The number of carboxylic acid groups (broad SMARTS) is 1. The molecule has 0 bridgehead atoms. The maximum Gasteiger partial charge on any atom is 0.408 e. The number of nitrogens with zero attached hydrogens (tertiary/aromatic N) is 1. The fourth-order valence-corrected chi connectivity index (χ4v) is 5.63. The predicted octanol–water partition coefficient (Wildman–Crippen LogP) is 4.94. The molecule has 1 aliphatic carbocycles. The van der Waals surface area contributed by atoms with E-state index in [1.165, 1.54) is 4.90 Å². The predicted molar refractivity (Wildman–Crippen MR) is 133 cm³/mol. The highest BCUT2D eigenvalue weighted by Gasteiger charge is 2.53. The third kappa shape index (κ3) is 4.28. The average molecular weight is 479 g/mol. The minimum absolute atomic E-state index is 0.0838. The third-order valence-electron chi connectivity index (χ3n) is 7.70. The van der Waals surface area contributed by atoms with Crippen molar-refractivity contribution in [3.8, 4) is 11.1 Å². The van der Waals surface area contributed by atoms with Crippen molar-refractivity contribution in [2.24, 2.45) is 0 Å². The van der Waals surface area contributed by atoms with Crippen LogP contribution in [0.15, 0.2) is 48.5 Å². The highest BCUT2D eigenvalue weighted by Crippen LogP contribution is 2.44. The number of amides is 2. The SMILES string of the molecule is CCCC1(C(=O)O)CCCN1C(=O)C(C)(CC)NC(=O)OCC1c2ccccc2-c2ccccc21. The maximum atomic E-state index is 13.6. The van der Waals surface area contributed by atoms with Gasteiger partial charge >= 0.3 is 12.1 Å². The Labute approximate surface area is 206 Å². The number of alkyl carbamates (subject to hydrolysis) is 1. The van der Waals surface area contributed by atoms with Gasteiger partial charge in [-0.1, -0.05) is 68.8 Å². The van der Waals surface area contributed by atoms with E-state index >= 15 is 0 Å². The number of ether oxygens (including phenoxy) is 1. The summed E-state index contributed by atoms with van der Waals surface area (Å²) in [4.78, 5) is 40.2. The lowest BCUT2D eigenvalue weighted by atomic mass is 9.88. The highest BCUT2D eigenvalue weighted by atomic mass is 16.5. The van der Waals surface area contributed by atoms with Gasteiger partial charge in [-0.25, -0.2) is 9.59 Å². The molecule has 4 rings (SSSR count). The first-order valence-electron chi connectivity index (χ1n) is 12.5. The standard InChI is InChI=1S/C28H34N2O5/c1-4-15-28(25(32)33)16-10-17-30(28)24(31)27(3,5-2)29-26(34)35-18-23-21-13-8-6-11-19(21)20-12-7-9-14-22(20)23/h6-9,11-14,23H,4-5,10,15-18H2,1-3H3,(H,29,34)(H,32,33). The first kappa shape index (κ1) is 24.8. The van der Waals surface area contributed by atoms with Crippen LogP contribution in [0.5, 0.6) is 0 Å². The van der Waals surface area contributed by atoms with Gasteiger partial charge in [-0.2, -0.15) is 0 Å². The van der Waals surface area contributed by atoms with Crippen molar-refractivity contribution < 1.29 is 24.2 Å². The summed E-state index contributed by atoms with van der Waals surface area (Å²) in [7, 11) is 0. The lowest BCUT2D eigenvalue weighted by molar-refractivity contribution is -0.159. The Hall–Kier alpha value is -3.35. The Kier molecular flexibility index (Phi) is 6.88. The molecule has 2 atom stereocenters. The van der Waals surface area contributed by atoms with Crippen molar-refractivity contribution in [2.75, 3.05) is 13.2 Å². The van der Waals surface area contributed by atoms with Crippen molar-refractivity contribution in [2.45, 2.75) is 69.9 Å². The molecule has 2 aromatic carbocycles. The Morgan fingerprint density at radius 3 is 2.23 bits per heavy atom. The van der Waals surface area contributed by atoms with Gasteiger partial charge in [0, 0.05) is 12.5 Å². The van der Waals surface area contributed by atoms with Gasteiger partial charge in [-0.15, -0.1) is 0 Å². The van der Waals surface area contributed by atoms with Gasteiger partial charge in [0.25, 0.3) is 0 Å². The summed E-state index contributed by atoms with van der Waals surface area (Å²) in [6, 6.07) is 16.2. The Morgan fingerprint density at radius 2 is 1.69 bits per heavy atom. The molecule has 2 aromatic rings. The van der Waals surface area contributed by atoms with Gasteiger partial charge in [-0.3, -0.25) is 4.79 Å². The lowest BCUT2D eigenvalue weighted by Gasteiger charge is -2.40. The van der Waals surface area contributed by atoms with Gasteiger partial charge in [0.2, 0.25) is 5.91 Å². The second-order valence-corrected chi connectivity index (χ2v) is 9.78. The van der Waals surface area contributed by atoms with Crippen molar-refractivity contribution in [3.63, 3.8) is 0 Å². The molecule has 7 nitrogen and oxygen atoms in total. The Balaban J connectivity index is 1.48. The van der Waals surface area contributed by atoms with Gasteiger partial charge < -0.3 is 20.1 Å². The molecule has 0 saturated carbocycles. The zero-order chi connectivity index (χ0) is 25.2. The number of carboxylic acids is 1. The smallest absolute Gasteiger partial charge is 0.408 e. The Bertz CT molecular complexity index is 1090. The fourth-order valence-electron chi connectivity index (χ4n) is 5.63. The van der Waals surface area contributed by atoms with E-state index in [4.69, 9.17) is 4.74 Å². The fraction of sp³-hybridized carbons (Fsp3) is 0.464. The first-order chi connectivity index (χ1) is 16.8. The summed E-state index contributed by atoms with van der Waals surface area (Å²) in [5.74, 6) is -1.44. The molecule has 0 radical (unpaired) electrons. The summed E-state index contributed by atoms with van der Waals surface area (Å²) in [5.41, 5.74) is 2.02. The molecule has 1 aliphatic heterocycles. The summed E-state index contributed by atoms with van der Waals surface area (Å²) in [5, 5.41) is 12.8. The number of nitrogens with one attached hydrogen (secondary N) is 1. The number of rotatable bonds is 8. The molecule has 1 saturated heterocycles. The zero-order valence-corrected chi connectivity index (χ0v) is 20.7. The normalized spacial score (nSPS) is 20.6. The third-order valence-corrected chi connectivity index (χ3v) is 7.70. The molecule has 1 heterocycles. The van der Waals surface area contributed by atoms with E-state index in [1.807, 2.05) is 43.3 Å². The van der Waals surface area contributed by atoms with Crippen LogP contribution in [0.1, 0.15) is 69.9 Å². The molecule has 35 heavy (non-hydrogen) atoms. The lowest BCUT2D eigenvalue weighted by Crippen LogP contribution is -2.63. The van der Waals surface area contributed by atoms with Crippen LogP contribution in [0.25, 0.3) is 11.1 Å². The van der Waals surface area contributed by atoms with E-state index in [9.17, 15) is 19.5 Å². The Morgan fingerprint density at radius 1 is 1.09 bits per heavy atom. The number of fused-ring (bicyclic) bond motifs is 3. The van der Waals surface area contributed by atoms with Gasteiger partial charge in [0.1, 0.15) is 17.7 Å². The van der Waals surface area contributed by atoms with Crippen LogP contribution in [-0.4, -0.2) is 52.2 Å². The van der Waals surface area contributed by atoms with E-state index in [2.05, 4.69) is 17.4 Å². The zero-order valence-electron chi connectivity index (χ0n) is 20.7. The van der Waals surface area contributed by atoms with Gasteiger partial charge in [0.05, 0.1) is 0 Å². The van der Waals surface area contributed by atoms with E-state index in [-0.39, 0.29) is 18.4 Å². The molecule has 7 heteroatoms. The number of aliphatic carboxylic acids is 1. The van der Waals surface area contributed by atoms with E-state index < -0.39 is 23.1 Å². The number of likely N-dealkylation sites (tertiary alicyclic amines) is 1. The molecule has 2 aliphatic rings. The summed E-state index contributed by atoms with van der Waals surface area (Å²) in [6.07, 6.45) is 1.72. The molecule has 2 amide bonds. The summed E-state index contributed by atoms with van der Waals surface area (Å²) < 4.78 is 5.66. The second kappa shape index (κ2) is 9.72. The number of benzene rings is 2. The number of hydrogen-bond donors (Lipinski definition) is 2. The van der Waals surface area contributed by atoms with Crippen LogP contribution in [0.4, 0.5) is 4.79 Å². The van der Waals surface area contributed by atoms with E-state index in [0.29, 0.717) is 38.6 Å². The van der Waals surface area contributed by atoms with Crippen LogP contribution in [0.2, 0.25) is 0 Å². The maximum absolute atomic E-state index is 13.6. The van der Waals surface area contributed by atoms with Crippen LogP contribution in [0.3, 0.4) is 0 Å². The first-order valence-corrected chi connectivity index (χ1v) is 12.5. The summed E-state index contributed by atoms with van der Waals surface area (Å²) >= 11 is 0. The van der Waals surface area contributed by atoms with E-state index in [0.717, 1.165) is 22.3 Å². The molecular formula is C28H34N2O5. The van der Waals surface area contributed by atoms with E-state index in [1.54, 1.807) is 13.8 Å². The number of hydrogen-bond acceptors (Lipinski definition) is 4. The van der Waals surface area contributed by atoms with Crippen molar-refractivity contribution >= 4 is 18.0 Å². The van der Waals surface area contributed by atoms with Crippen LogP contribution in [0, 0.1) is 0 Å². The molecule has 2 unspecified atom stereocenters. The molecular weight excluding hydrogens is 444 g/mol. The van der Waals surface area contributed by atoms with Crippen molar-refractivity contribution in [1.29, 1.82) is 0 Å². The van der Waals surface area contributed by atoms with Gasteiger partial charge in [0.15, 0.2) is 0 Å². The molecule has 1 fully saturated rings. The van der Waals surface area contributed by atoms with Crippen molar-refractivity contribution in [3.05, 3.63) is 59.7 Å². The number of carbonyl (C=O) groups is 3. The monoisotopic (exact) mass is 478 g/mol. The highest BCUT2D eigenvalue weighted by molar-refractivity contribution is 5.94. The van der Waals surface area contributed by atoms with Crippen molar-refractivity contribution in [1.82, 2.24) is 10.2 Å². The van der Waals surface area contributed by atoms with Crippen LogP contribution < -0.4 is 5.32 Å². The average Bonchev–Trinajstić information content (AvgIpc) is 3.42. The molecule has 2 N–H and O–H groups in total. The molecule has 186 valence electrons. The van der Waals surface area contributed by atoms with Crippen LogP contribution >= 0.6 is 0 Å². The van der Waals surface area contributed by atoms with Crippen LogP contribution in [-0.2, 0) is 14.3 Å². The minimum Gasteiger partial charge on any atom is -0.479 e. The minimum atomic E-state index is -1.26. The summed E-state index contributed by atoms with van der Waals surface area (Å²) in [6.45, 7) is 5.88. The van der Waals surface area contributed by atoms with Gasteiger partial charge in [-0.05, 0) is 54.9 Å². The second-order valence-electron chi connectivity index (χ2n) is 9.78. The quantitative estimate of drug-likeness (QED) is 0.560. The molecule has 0 spiro atoms. The largest absolute Gasteiger partial charge is 0.479 e.